The van der Waals surface area contributed by atoms with Gasteiger partial charge in [-0.3, -0.25) is 0 Å². The predicted molar refractivity (Wildman–Crippen MR) is 96.7 cm³/mol. The van der Waals surface area contributed by atoms with Gasteiger partial charge in [-0.2, -0.15) is 0 Å². The van der Waals surface area contributed by atoms with Crippen LogP contribution in [0, 0.1) is 0 Å². The second-order valence-electron chi connectivity index (χ2n) is 6.05. The second kappa shape index (κ2) is 7.68. The van der Waals surface area contributed by atoms with Crippen LogP contribution in [0.15, 0.2) is 52.9 Å². The lowest BCUT2D eigenvalue weighted by molar-refractivity contribution is -0.925. The molecule has 1 unspecified atom stereocenters. The fourth-order valence-electron chi connectivity index (χ4n) is 2.58. The predicted octanol–water partition coefficient (Wildman–Crippen LogP) is 3.17. The molecular formula is C19H21ClN3O2+. The molecule has 0 fully saturated rings. The minimum Gasteiger partial charge on any atom is -0.497 e. The van der Waals surface area contributed by atoms with Crippen molar-refractivity contribution in [3.05, 3.63) is 65.0 Å². The van der Waals surface area contributed by atoms with Gasteiger partial charge < -0.3 is 14.1 Å². The summed E-state index contributed by atoms with van der Waals surface area (Å²) in [6.45, 7) is 2.92. The van der Waals surface area contributed by atoms with Gasteiger partial charge in [0.1, 0.15) is 12.3 Å². The summed E-state index contributed by atoms with van der Waals surface area (Å²) in [6, 6.07) is 15.6. The highest BCUT2D eigenvalue weighted by Crippen LogP contribution is 2.22. The number of ether oxygens (including phenoxy) is 1. The quantitative estimate of drug-likeness (QED) is 0.735. The number of quaternary nitrogens is 1. The average molecular weight is 359 g/mol. The summed E-state index contributed by atoms with van der Waals surface area (Å²) in [5.41, 5.74) is 2.05. The highest BCUT2D eigenvalue weighted by Gasteiger charge is 2.22. The van der Waals surface area contributed by atoms with Crippen LogP contribution in [-0.4, -0.2) is 24.4 Å². The fourth-order valence-corrected chi connectivity index (χ4v) is 2.77. The first-order chi connectivity index (χ1) is 12.1. The van der Waals surface area contributed by atoms with E-state index < -0.39 is 0 Å². The zero-order chi connectivity index (χ0) is 17.8. The van der Waals surface area contributed by atoms with E-state index in [1.807, 2.05) is 36.4 Å². The molecule has 0 aliphatic carbocycles. The van der Waals surface area contributed by atoms with Gasteiger partial charge in [0, 0.05) is 16.1 Å². The van der Waals surface area contributed by atoms with Crippen molar-refractivity contribution in [2.45, 2.75) is 19.5 Å². The number of benzene rings is 2. The first kappa shape index (κ1) is 17.5. The molecule has 1 aromatic heterocycles. The van der Waals surface area contributed by atoms with Crippen molar-refractivity contribution in [3.63, 3.8) is 0 Å². The van der Waals surface area contributed by atoms with Crippen LogP contribution in [0.2, 0.25) is 5.02 Å². The van der Waals surface area contributed by atoms with Crippen molar-refractivity contribution in [1.82, 2.24) is 10.2 Å². The zero-order valence-electron chi connectivity index (χ0n) is 14.5. The third-order valence-corrected chi connectivity index (χ3v) is 4.50. The molecule has 0 aliphatic rings. The van der Waals surface area contributed by atoms with E-state index >= 15 is 0 Å². The summed E-state index contributed by atoms with van der Waals surface area (Å²) in [5, 5.41) is 9.01. The average Bonchev–Trinajstić information content (AvgIpc) is 3.12. The number of hydrogen-bond acceptors (Lipinski definition) is 4. The van der Waals surface area contributed by atoms with Crippen LogP contribution in [-0.2, 0) is 6.54 Å². The number of rotatable bonds is 6. The standard InChI is InChI=1S/C19H20ClN3O2/c1-13(23(2)12-14-7-9-17(24-3)10-8-14)18-21-22-19(25-18)15-5-4-6-16(20)11-15/h4-11,13H,12H2,1-3H3/p+1/t13-/m0/s1. The minimum absolute atomic E-state index is 0.0718. The van der Waals surface area contributed by atoms with Gasteiger partial charge in [0.15, 0.2) is 6.04 Å². The maximum absolute atomic E-state index is 6.02. The molecule has 1 N–H and O–H groups in total. The Labute approximate surface area is 152 Å². The molecule has 0 saturated heterocycles. The molecule has 2 aromatic carbocycles. The molecular weight excluding hydrogens is 338 g/mol. The van der Waals surface area contributed by atoms with Gasteiger partial charge in [-0.05, 0) is 49.4 Å². The number of aromatic nitrogens is 2. The number of hydrogen-bond donors (Lipinski definition) is 1. The lowest BCUT2D eigenvalue weighted by Gasteiger charge is -2.19. The van der Waals surface area contributed by atoms with Gasteiger partial charge in [0.2, 0.25) is 5.89 Å². The largest absolute Gasteiger partial charge is 0.497 e. The van der Waals surface area contributed by atoms with Crippen LogP contribution in [0.25, 0.3) is 11.5 Å². The zero-order valence-corrected chi connectivity index (χ0v) is 15.2. The fraction of sp³-hybridized carbons (Fsp3) is 0.263. The molecule has 1 heterocycles. The summed E-state index contributed by atoms with van der Waals surface area (Å²) in [5.74, 6) is 1.96. The molecule has 0 bridgehead atoms. The lowest BCUT2D eigenvalue weighted by Crippen LogP contribution is -3.07. The van der Waals surface area contributed by atoms with E-state index in [0.717, 1.165) is 17.9 Å². The van der Waals surface area contributed by atoms with E-state index in [1.165, 1.54) is 10.5 Å². The van der Waals surface area contributed by atoms with Crippen molar-refractivity contribution >= 4 is 11.6 Å². The Bertz CT molecular complexity index is 833. The molecule has 0 aliphatic heterocycles. The first-order valence-corrected chi connectivity index (χ1v) is 8.49. The molecule has 0 saturated carbocycles. The molecule has 0 spiro atoms. The summed E-state index contributed by atoms with van der Waals surface area (Å²) < 4.78 is 11.1. The Morgan fingerprint density at radius 2 is 1.92 bits per heavy atom. The SMILES string of the molecule is COc1ccc(C[NH+](C)[C@@H](C)c2nnc(-c3cccc(Cl)c3)o2)cc1. The van der Waals surface area contributed by atoms with Gasteiger partial charge in [-0.15, -0.1) is 10.2 Å². The van der Waals surface area contributed by atoms with Crippen molar-refractivity contribution in [2.24, 2.45) is 0 Å². The summed E-state index contributed by atoms with van der Waals surface area (Å²) in [4.78, 5) is 1.26. The van der Waals surface area contributed by atoms with Crippen LogP contribution in [0.5, 0.6) is 5.75 Å². The monoisotopic (exact) mass is 358 g/mol. The molecule has 0 amide bonds. The van der Waals surface area contributed by atoms with Crippen molar-refractivity contribution in [3.8, 4) is 17.2 Å². The van der Waals surface area contributed by atoms with Gasteiger partial charge in [-0.25, -0.2) is 0 Å². The Kier molecular flexibility index (Phi) is 5.36. The van der Waals surface area contributed by atoms with Gasteiger partial charge in [-0.1, -0.05) is 17.7 Å². The van der Waals surface area contributed by atoms with E-state index in [1.54, 1.807) is 7.11 Å². The van der Waals surface area contributed by atoms with E-state index in [9.17, 15) is 0 Å². The second-order valence-corrected chi connectivity index (χ2v) is 6.49. The first-order valence-electron chi connectivity index (χ1n) is 8.11. The van der Waals surface area contributed by atoms with Crippen LogP contribution in [0.3, 0.4) is 0 Å². The number of halogens is 1. The van der Waals surface area contributed by atoms with Crippen LogP contribution >= 0.6 is 11.6 Å². The van der Waals surface area contributed by atoms with Crippen LogP contribution in [0.1, 0.15) is 24.4 Å². The Morgan fingerprint density at radius 1 is 1.16 bits per heavy atom. The Balaban J connectivity index is 1.70. The molecule has 5 nitrogen and oxygen atoms in total. The molecule has 2 atom stereocenters. The highest BCUT2D eigenvalue weighted by atomic mass is 35.5. The highest BCUT2D eigenvalue weighted by molar-refractivity contribution is 6.30. The molecule has 130 valence electrons. The van der Waals surface area contributed by atoms with E-state index in [2.05, 4.69) is 36.3 Å². The Hall–Kier alpha value is -2.37. The normalized spacial score (nSPS) is 13.4. The topological polar surface area (TPSA) is 52.6 Å². The third kappa shape index (κ3) is 4.18. The van der Waals surface area contributed by atoms with Gasteiger partial charge in [0.05, 0.1) is 14.2 Å². The van der Waals surface area contributed by atoms with Gasteiger partial charge in [0.25, 0.3) is 5.89 Å². The number of nitrogens with one attached hydrogen (secondary N) is 1. The molecule has 6 heteroatoms. The third-order valence-electron chi connectivity index (χ3n) is 4.26. The van der Waals surface area contributed by atoms with Crippen molar-refractivity contribution < 1.29 is 14.1 Å². The maximum Gasteiger partial charge on any atom is 0.274 e. The summed E-state index contributed by atoms with van der Waals surface area (Å²) in [6.07, 6.45) is 0. The van der Waals surface area contributed by atoms with Crippen molar-refractivity contribution in [2.75, 3.05) is 14.2 Å². The van der Waals surface area contributed by atoms with Crippen LogP contribution < -0.4 is 9.64 Å². The van der Waals surface area contributed by atoms with E-state index in [-0.39, 0.29) is 6.04 Å². The summed E-state index contributed by atoms with van der Waals surface area (Å²) >= 11 is 6.02. The van der Waals surface area contributed by atoms with Crippen molar-refractivity contribution in [1.29, 1.82) is 0 Å². The van der Waals surface area contributed by atoms with Gasteiger partial charge >= 0.3 is 0 Å². The lowest BCUT2D eigenvalue weighted by atomic mass is 10.2. The van der Waals surface area contributed by atoms with E-state index in [0.29, 0.717) is 16.8 Å². The molecule has 3 aromatic rings. The minimum atomic E-state index is 0.0718. The molecule has 3 rings (SSSR count). The molecule has 25 heavy (non-hydrogen) atoms. The van der Waals surface area contributed by atoms with E-state index in [4.69, 9.17) is 20.8 Å². The number of methoxy groups -OCH3 is 1. The Morgan fingerprint density at radius 3 is 2.60 bits per heavy atom. The maximum atomic E-state index is 6.02. The smallest absolute Gasteiger partial charge is 0.274 e. The summed E-state index contributed by atoms with van der Waals surface area (Å²) in [7, 11) is 3.78. The number of nitrogens with zero attached hydrogens (tertiary/aromatic N) is 2. The van der Waals surface area contributed by atoms with Crippen LogP contribution in [0.4, 0.5) is 0 Å². The molecule has 0 radical (unpaired) electrons.